The van der Waals surface area contributed by atoms with E-state index in [0.717, 1.165) is 21.5 Å². The molecule has 27 heavy (non-hydrogen) atoms. The van der Waals surface area contributed by atoms with Crippen molar-refractivity contribution in [3.05, 3.63) is 88.9 Å². The Morgan fingerprint density at radius 3 is 2.48 bits per heavy atom. The molecule has 0 atom stereocenters. The van der Waals surface area contributed by atoms with E-state index in [4.69, 9.17) is 4.74 Å². The average molecular weight is 424 g/mol. The fourth-order valence-electron chi connectivity index (χ4n) is 2.25. The maximum absolute atomic E-state index is 11.9. The quantitative estimate of drug-likeness (QED) is 0.423. The third-order valence-electron chi connectivity index (χ3n) is 3.54. The molecule has 3 aromatic rings. The maximum atomic E-state index is 11.9. The first-order valence-corrected chi connectivity index (χ1v) is 9.13. The number of para-hydroxylation sites is 1. The normalized spacial score (nSPS) is 10.6. The van der Waals surface area contributed by atoms with Gasteiger partial charge in [0.05, 0.1) is 12.8 Å². The van der Waals surface area contributed by atoms with E-state index < -0.39 is 0 Å². The van der Waals surface area contributed by atoms with Crippen LogP contribution in [0.1, 0.15) is 5.56 Å². The maximum Gasteiger partial charge on any atom is 0.259 e. The molecule has 0 spiro atoms. The first-order valence-electron chi connectivity index (χ1n) is 8.33. The number of halogens is 1. The molecule has 0 unspecified atom stereocenters. The Hall–Kier alpha value is -3.12. The lowest BCUT2D eigenvalue weighted by Crippen LogP contribution is -2.25. The third-order valence-corrected chi connectivity index (χ3v) is 4.07. The van der Waals surface area contributed by atoms with E-state index in [1.807, 2.05) is 78.9 Å². The van der Waals surface area contributed by atoms with E-state index in [9.17, 15) is 4.79 Å². The highest BCUT2D eigenvalue weighted by Gasteiger charge is 2.00. The Morgan fingerprint density at radius 1 is 0.963 bits per heavy atom. The molecule has 0 aliphatic rings. The first-order chi connectivity index (χ1) is 13.2. The summed E-state index contributed by atoms with van der Waals surface area (Å²) in [4.78, 5) is 11.9. The number of hydrogen-bond donors (Lipinski definition) is 2. The van der Waals surface area contributed by atoms with Crippen molar-refractivity contribution in [2.75, 3.05) is 11.9 Å². The zero-order valence-electron chi connectivity index (χ0n) is 14.4. The van der Waals surface area contributed by atoms with Gasteiger partial charge < -0.3 is 10.1 Å². The topological polar surface area (TPSA) is 62.7 Å². The van der Waals surface area contributed by atoms with Crippen LogP contribution in [0.5, 0.6) is 11.5 Å². The average Bonchev–Trinajstić information content (AvgIpc) is 2.69. The van der Waals surface area contributed by atoms with Crippen LogP contribution in [0, 0.1) is 0 Å². The summed E-state index contributed by atoms with van der Waals surface area (Å²) >= 11 is 3.37. The van der Waals surface area contributed by atoms with Crippen LogP contribution >= 0.6 is 15.9 Å². The second-order valence-corrected chi connectivity index (χ2v) is 6.56. The zero-order valence-corrected chi connectivity index (χ0v) is 16.0. The van der Waals surface area contributed by atoms with Crippen LogP contribution in [0.4, 0.5) is 5.69 Å². The van der Waals surface area contributed by atoms with Crippen molar-refractivity contribution in [2.24, 2.45) is 5.10 Å². The number of ether oxygens (including phenoxy) is 1. The monoisotopic (exact) mass is 423 g/mol. The Labute approximate surface area is 166 Å². The predicted octanol–water partition coefficient (Wildman–Crippen LogP) is 4.80. The van der Waals surface area contributed by atoms with E-state index in [1.165, 1.54) is 0 Å². The molecule has 0 fully saturated rings. The molecule has 3 rings (SSSR count). The standard InChI is InChI=1S/C21H18BrN3O2/c22-17-9-11-18(12-10-17)23-15-21(26)25-24-14-16-5-4-8-20(13-16)27-19-6-2-1-3-7-19/h1-14,23H,15H2,(H,25,26). The Morgan fingerprint density at radius 2 is 1.70 bits per heavy atom. The molecule has 2 N–H and O–H groups in total. The minimum absolute atomic E-state index is 0.135. The lowest BCUT2D eigenvalue weighted by molar-refractivity contribution is -0.119. The number of amides is 1. The lowest BCUT2D eigenvalue weighted by atomic mass is 10.2. The van der Waals surface area contributed by atoms with Crippen LogP contribution in [0.15, 0.2) is 88.4 Å². The molecule has 0 aromatic heterocycles. The molecular weight excluding hydrogens is 406 g/mol. The van der Waals surface area contributed by atoms with Crippen molar-refractivity contribution < 1.29 is 9.53 Å². The molecule has 6 heteroatoms. The largest absolute Gasteiger partial charge is 0.457 e. The van der Waals surface area contributed by atoms with Gasteiger partial charge in [0.2, 0.25) is 0 Å². The fourth-order valence-corrected chi connectivity index (χ4v) is 2.52. The smallest absolute Gasteiger partial charge is 0.259 e. The molecule has 0 aliphatic heterocycles. The molecule has 1 amide bonds. The van der Waals surface area contributed by atoms with Gasteiger partial charge in [-0.2, -0.15) is 5.10 Å². The van der Waals surface area contributed by atoms with Crippen LogP contribution in [-0.4, -0.2) is 18.7 Å². The number of anilines is 1. The summed E-state index contributed by atoms with van der Waals surface area (Å²) in [6, 6.07) is 24.6. The van der Waals surface area contributed by atoms with Gasteiger partial charge in [-0.25, -0.2) is 5.43 Å². The van der Waals surface area contributed by atoms with E-state index in [2.05, 4.69) is 31.8 Å². The van der Waals surface area contributed by atoms with Crippen LogP contribution < -0.4 is 15.5 Å². The molecule has 136 valence electrons. The molecule has 0 heterocycles. The summed E-state index contributed by atoms with van der Waals surface area (Å²) in [5.41, 5.74) is 4.19. The van der Waals surface area contributed by atoms with E-state index >= 15 is 0 Å². The fraction of sp³-hybridized carbons (Fsp3) is 0.0476. The summed E-state index contributed by atoms with van der Waals surface area (Å²) in [7, 11) is 0. The summed E-state index contributed by atoms with van der Waals surface area (Å²) in [6.45, 7) is 0.135. The van der Waals surface area contributed by atoms with E-state index in [-0.39, 0.29) is 12.5 Å². The number of carbonyl (C=O) groups is 1. The summed E-state index contributed by atoms with van der Waals surface area (Å²) in [5, 5.41) is 7.02. The molecule has 0 saturated carbocycles. The highest BCUT2D eigenvalue weighted by molar-refractivity contribution is 9.10. The van der Waals surface area contributed by atoms with Crippen molar-refractivity contribution in [3.63, 3.8) is 0 Å². The number of hydrazone groups is 1. The molecule has 5 nitrogen and oxygen atoms in total. The van der Waals surface area contributed by atoms with Gasteiger partial charge in [0.25, 0.3) is 5.91 Å². The second-order valence-electron chi connectivity index (χ2n) is 5.64. The minimum atomic E-state index is -0.231. The number of hydrogen-bond acceptors (Lipinski definition) is 4. The molecule has 0 radical (unpaired) electrons. The number of carbonyl (C=O) groups excluding carboxylic acids is 1. The number of nitrogens with one attached hydrogen (secondary N) is 2. The number of nitrogens with zero attached hydrogens (tertiary/aromatic N) is 1. The minimum Gasteiger partial charge on any atom is -0.457 e. The Balaban J connectivity index is 1.49. The summed E-state index contributed by atoms with van der Waals surface area (Å²) in [5.74, 6) is 1.23. The first kappa shape index (κ1) is 18.7. The van der Waals surface area contributed by atoms with Crippen molar-refractivity contribution in [2.45, 2.75) is 0 Å². The molecule has 0 aliphatic carbocycles. The van der Waals surface area contributed by atoms with Gasteiger partial charge in [0.15, 0.2) is 0 Å². The van der Waals surface area contributed by atoms with Crippen molar-refractivity contribution in [3.8, 4) is 11.5 Å². The number of rotatable bonds is 7. The van der Waals surface area contributed by atoms with Crippen LogP contribution in [0.25, 0.3) is 0 Å². The van der Waals surface area contributed by atoms with Gasteiger partial charge >= 0.3 is 0 Å². The van der Waals surface area contributed by atoms with E-state index in [1.54, 1.807) is 6.21 Å². The summed E-state index contributed by atoms with van der Waals surface area (Å²) < 4.78 is 6.77. The van der Waals surface area contributed by atoms with Gasteiger partial charge in [-0.1, -0.05) is 46.3 Å². The van der Waals surface area contributed by atoms with Gasteiger partial charge in [-0.05, 0) is 54.1 Å². The third kappa shape index (κ3) is 6.27. The second kappa shape index (κ2) is 9.54. The zero-order chi connectivity index (χ0) is 18.9. The van der Waals surface area contributed by atoms with Crippen molar-refractivity contribution in [1.82, 2.24) is 5.43 Å². The predicted molar refractivity (Wildman–Crippen MR) is 111 cm³/mol. The molecule has 0 bridgehead atoms. The molecular formula is C21H18BrN3O2. The SMILES string of the molecule is O=C(CNc1ccc(Br)cc1)NN=Cc1cccc(Oc2ccccc2)c1. The van der Waals surface area contributed by atoms with E-state index in [0.29, 0.717) is 5.75 Å². The number of benzene rings is 3. The van der Waals surface area contributed by atoms with Gasteiger partial charge in [-0.3, -0.25) is 4.79 Å². The highest BCUT2D eigenvalue weighted by Crippen LogP contribution is 2.21. The van der Waals surface area contributed by atoms with Crippen LogP contribution in [0.3, 0.4) is 0 Å². The van der Waals surface area contributed by atoms with Gasteiger partial charge in [-0.15, -0.1) is 0 Å². The van der Waals surface area contributed by atoms with Crippen molar-refractivity contribution >= 4 is 33.7 Å². The van der Waals surface area contributed by atoms with Crippen LogP contribution in [-0.2, 0) is 4.79 Å². The van der Waals surface area contributed by atoms with Gasteiger partial charge in [0.1, 0.15) is 11.5 Å². The van der Waals surface area contributed by atoms with Crippen LogP contribution in [0.2, 0.25) is 0 Å². The highest BCUT2D eigenvalue weighted by atomic mass is 79.9. The van der Waals surface area contributed by atoms with Gasteiger partial charge in [0, 0.05) is 10.2 Å². The Bertz CT molecular complexity index is 912. The summed E-state index contributed by atoms with van der Waals surface area (Å²) in [6.07, 6.45) is 1.58. The molecule has 3 aromatic carbocycles. The Kier molecular flexibility index (Phi) is 6.60. The molecule has 0 saturated heterocycles. The lowest BCUT2D eigenvalue weighted by Gasteiger charge is -2.06. The van der Waals surface area contributed by atoms with Crippen molar-refractivity contribution in [1.29, 1.82) is 0 Å².